The van der Waals surface area contributed by atoms with Gasteiger partial charge in [-0.05, 0) is 81.0 Å². The number of anilines is 2. The SMILES string of the molecule is CN1CCC(N(C)c2nc3cc(NC(=O)Oc4ccc(-c5ccc(F)cc5F)cc4)ccc3o2)CC1. The standard InChI is InChI=1S/C27H26F2N4O3/c1-32-13-11-20(12-14-32)33(2)26-31-24-16-19(6-10-25(24)36-26)30-27(34)35-21-7-3-17(4-8-21)22-9-5-18(28)15-23(22)29/h3-10,15-16,20H,11-14H2,1-2H3,(H,30,34). The number of likely N-dealkylation sites (tertiary alicyclic amines) is 1. The predicted molar refractivity (Wildman–Crippen MR) is 134 cm³/mol. The molecule has 186 valence electrons. The lowest BCUT2D eigenvalue weighted by Gasteiger charge is -2.34. The number of aromatic nitrogens is 1. The topological polar surface area (TPSA) is 70.8 Å². The van der Waals surface area contributed by atoms with E-state index in [0.29, 0.717) is 34.4 Å². The van der Waals surface area contributed by atoms with Crippen LogP contribution in [0.1, 0.15) is 12.8 Å². The van der Waals surface area contributed by atoms with Crippen LogP contribution in [0.15, 0.2) is 65.1 Å². The second-order valence-electron chi connectivity index (χ2n) is 8.99. The van der Waals surface area contributed by atoms with Gasteiger partial charge in [-0.25, -0.2) is 13.6 Å². The van der Waals surface area contributed by atoms with E-state index >= 15 is 0 Å². The fourth-order valence-corrected chi connectivity index (χ4v) is 4.36. The molecule has 1 fully saturated rings. The first kappa shape index (κ1) is 23.7. The van der Waals surface area contributed by atoms with Crippen molar-refractivity contribution in [3.63, 3.8) is 0 Å². The number of nitrogens with one attached hydrogen (secondary N) is 1. The van der Waals surface area contributed by atoms with Crippen LogP contribution in [0.5, 0.6) is 5.75 Å². The number of ether oxygens (including phenoxy) is 1. The van der Waals surface area contributed by atoms with Crippen molar-refractivity contribution in [2.45, 2.75) is 18.9 Å². The number of amides is 1. The van der Waals surface area contributed by atoms with Gasteiger partial charge in [0.05, 0.1) is 0 Å². The molecule has 1 aliphatic heterocycles. The first-order valence-corrected chi connectivity index (χ1v) is 11.7. The Bertz CT molecular complexity index is 1380. The van der Waals surface area contributed by atoms with Crippen LogP contribution in [-0.2, 0) is 0 Å². The summed E-state index contributed by atoms with van der Waals surface area (Å²) in [5, 5.41) is 2.69. The van der Waals surface area contributed by atoms with E-state index in [4.69, 9.17) is 9.15 Å². The van der Waals surface area contributed by atoms with Crippen molar-refractivity contribution in [3.05, 3.63) is 72.3 Å². The molecule has 9 heteroatoms. The third-order valence-electron chi connectivity index (χ3n) is 6.47. The van der Waals surface area contributed by atoms with Gasteiger partial charge < -0.3 is 19.0 Å². The molecule has 0 unspecified atom stereocenters. The first-order valence-electron chi connectivity index (χ1n) is 11.7. The number of rotatable bonds is 5. The Hall–Kier alpha value is -3.98. The van der Waals surface area contributed by atoms with Crippen molar-refractivity contribution >= 4 is 28.9 Å². The van der Waals surface area contributed by atoms with Gasteiger partial charge in [-0.3, -0.25) is 5.32 Å². The summed E-state index contributed by atoms with van der Waals surface area (Å²) in [4.78, 5) is 21.4. The van der Waals surface area contributed by atoms with Crippen LogP contribution in [0.25, 0.3) is 22.2 Å². The van der Waals surface area contributed by atoms with Gasteiger partial charge in [-0.2, -0.15) is 4.98 Å². The van der Waals surface area contributed by atoms with Gasteiger partial charge in [0.2, 0.25) is 0 Å². The molecular weight excluding hydrogens is 466 g/mol. The van der Waals surface area contributed by atoms with E-state index in [0.717, 1.165) is 32.0 Å². The zero-order chi connectivity index (χ0) is 25.2. The summed E-state index contributed by atoms with van der Waals surface area (Å²) in [6.45, 7) is 2.08. The maximum atomic E-state index is 14.0. The molecule has 1 saturated heterocycles. The molecule has 1 aromatic heterocycles. The molecule has 0 bridgehead atoms. The summed E-state index contributed by atoms with van der Waals surface area (Å²) in [5.74, 6) is -1.02. The Kier molecular flexibility index (Phi) is 6.56. The van der Waals surface area contributed by atoms with Crippen molar-refractivity contribution in [3.8, 4) is 16.9 Å². The highest BCUT2D eigenvalue weighted by Gasteiger charge is 2.24. The minimum absolute atomic E-state index is 0.258. The minimum Gasteiger partial charge on any atom is -0.423 e. The average Bonchev–Trinajstić information content (AvgIpc) is 3.28. The van der Waals surface area contributed by atoms with E-state index in [1.54, 1.807) is 42.5 Å². The van der Waals surface area contributed by atoms with Crippen LogP contribution in [-0.4, -0.2) is 49.2 Å². The number of oxazole rings is 1. The van der Waals surface area contributed by atoms with E-state index in [2.05, 4.69) is 27.1 Å². The lowest BCUT2D eigenvalue weighted by molar-refractivity contribution is 0.215. The van der Waals surface area contributed by atoms with Gasteiger partial charge in [0.1, 0.15) is 22.9 Å². The molecule has 1 amide bonds. The smallest absolute Gasteiger partial charge is 0.417 e. The fraction of sp³-hybridized carbons (Fsp3) is 0.259. The summed E-state index contributed by atoms with van der Waals surface area (Å²) < 4.78 is 38.4. The van der Waals surface area contributed by atoms with Crippen LogP contribution in [0.4, 0.5) is 25.3 Å². The quantitative estimate of drug-likeness (QED) is 0.373. The molecule has 0 saturated carbocycles. The molecule has 36 heavy (non-hydrogen) atoms. The van der Waals surface area contributed by atoms with Gasteiger partial charge in [0.15, 0.2) is 5.58 Å². The Morgan fingerprint density at radius 2 is 1.83 bits per heavy atom. The van der Waals surface area contributed by atoms with Crippen molar-refractivity contribution in [2.75, 3.05) is 37.4 Å². The molecule has 3 aromatic carbocycles. The highest BCUT2D eigenvalue weighted by Crippen LogP contribution is 2.28. The zero-order valence-corrected chi connectivity index (χ0v) is 20.0. The summed E-state index contributed by atoms with van der Waals surface area (Å²) in [5.41, 5.74) is 2.58. The van der Waals surface area contributed by atoms with Crippen molar-refractivity contribution in [1.29, 1.82) is 0 Å². The maximum Gasteiger partial charge on any atom is 0.417 e. The maximum absolute atomic E-state index is 14.0. The Morgan fingerprint density at radius 1 is 1.08 bits per heavy atom. The third-order valence-corrected chi connectivity index (χ3v) is 6.47. The molecule has 1 aliphatic rings. The zero-order valence-electron chi connectivity index (χ0n) is 20.0. The Balaban J connectivity index is 1.23. The fourth-order valence-electron chi connectivity index (χ4n) is 4.36. The number of fused-ring (bicyclic) bond motifs is 1. The second kappa shape index (κ2) is 9.94. The van der Waals surface area contributed by atoms with Crippen LogP contribution in [0, 0.1) is 11.6 Å². The van der Waals surface area contributed by atoms with Gasteiger partial charge in [-0.1, -0.05) is 12.1 Å². The number of piperidine rings is 1. The lowest BCUT2D eigenvalue weighted by atomic mass is 10.0. The highest BCUT2D eigenvalue weighted by atomic mass is 19.1. The van der Waals surface area contributed by atoms with Crippen molar-refractivity contribution in [1.82, 2.24) is 9.88 Å². The van der Waals surface area contributed by atoms with Crippen molar-refractivity contribution < 1.29 is 22.7 Å². The van der Waals surface area contributed by atoms with Gasteiger partial charge in [-0.15, -0.1) is 0 Å². The molecule has 2 heterocycles. The van der Waals surface area contributed by atoms with Gasteiger partial charge >= 0.3 is 6.09 Å². The van der Waals surface area contributed by atoms with E-state index in [-0.39, 0.29) is 11.3 Å². The summed E-state index contributed by atoms with van der Waals surface area (Å²) in [7, 11) is 4.12. The van der Waals surface area contributed by atoms with Crippen molar-refractivity contribution in [2.24, 2.45) is 0 Å². The lowest BCUT2D eigenvalue weighted by Crippen LogP contribution is -2.42. The molecule has 4 aromatic rings. The molecule has 7 nitrogen and oxygen atoms in total. The number of halogens is 2. The highest BCUT2D eigenvalue weighted by molar-refractivity contribution is 5.89. The Morgan fingerprint density at radius 3 is 2.56 bits per heavy atom. The van der Waals surface area contributed by atoms with Gasteiger partial charge in [0.25, 0.3) is 6.01 Å². The second-order valence-corrected chi connectivity index (χ2v) is 8.99. The summed E-state index contributed by atoms with van der Waals surface area (Å²) >= 11 is 0. The third kappa shape index (κ3) is 5.16. The number of carbonyl (C=O) groups excluding carboxylic acids is 1. The largest absolute Gasteiger partial charge is 0.423 e. The monoisotopic (exact) mass is 492 g/mol. The van der Waals surface area contributed by atoms with E-state index < -0.39 is 17.7 Å². The predicted octanol–water partition coefficient (Wildman–Crippen LogP) is 5.91. The summed E-state index contributed by atoms with van der Waals surface area (Å²) in [6.07, 6.45) is 1.41. The van der Waals surface area contributed by atoms with E-state index in [1.165, 1.54) is 12.1 Å². The normalized spacial score (nSPS) is 14.7. The average molecular weight is 493 g/mol. The van der Waals surface area contributed by atoms with Crippen LogP contribution < -0.4 is 15.0 Å². The summed E-state index contributed by atoms with van der Waals surface area (Å²) in [6, 6.07) is 15.8. The Labute approximate surface area is 207 Å². The molecule has 0 spiro atoms. The molecule has 0 aliphatic carbocycles. The molecular formula is C27H26F2N4O3. The van der Waals surface area contributed by atoms with Crippen LogP contribution in [0.3, 0.4) is 0 Å². The molecule has 5 rings (SSSR count). The van der Waals surface area contributed by atoms with Crippen LogP contribution in [0.2, 0.25) is 0 Å². The number of nitrogens with zero attached hydrogens (tertiary/aromatic N) is 3. The molecule has 1 N–H and O–H groups in total. The number of carbonyl (C=O) groups is 1. The number of benzene rings is 3. The van der Waals surface area contributed by atoms with E-state index in [1.807, 2.05) is 7.05 Å². The van der Waals surface area contributed by atoms with E-state index in [9.17, 15) is 13.6 Å². The van der Waals surface area contributed by atoms with Crippen LogP contribution >= 0.6 is 0 Å². The minimum atomic E-state index is -0.678. The number of hydrogen-bond donors (Lipinski definition) is 1. The number of hydrogen-bond acceptors (Lipinski definition) is 6. The first-order chi connectivity index (χ1) is 17.4. The molecule has 0 atom stereocenters. The molecule has 0 radical (unpaired) electrons. The van der Waals surface area contributed by atoms with Gasteiger partial charge in [0, 0.05) is 30.4 Å².